The molecule has 3 nitrogen and oxygen atoms in total. The number of carbonyl (C=O) groups is 1. The summed E-state index contributed by atoms with van der Waals surface area (Å²) in [6.07, 6.45) is 2.48. The minimum Gasteiger partial charge on any atom is -0.350 e. The molecule has 5 heteroatoms. The largest absolute Gasteiger partial charge is 0.350 e. The lowest BCUT2D eigenvalue weighted by molar-refractivity contribution is 0.0957. The van der Waals surface area contributed by atoms with Crippen molar-refractivity contribution >= 4 is 29.0 Å². The standard InChI is InChI=1S/C13H16N2OS2/c14-7-1-3-10-5-6-12(18-10)13(16)15-9-11-4-2-8-17-11/h5-6,11H,2,4,7-9,14H2,(H,15,16). The van der Waals surface area contributed by atoms with E-state index in [2.05, 4.69) is 17.2 Å². The molecular weight excluding hydrogens is 264 g/mol. The van der Waals surface area contributed by atoms with Crippen LogP contribution < -0.4 is 11.1 Å². The van der Waals surface area contributed by atoms with Crippen molar-refractivity contribution in [2.24, 2.45) is 5.73 Å². The van der Waals surface area contributed by atoms with E-state index in [4.69, 9.17) is 5.73 Å². The normalized spacial score (nSPS) is 18.2. The molecule has 0 radical (unpaired) electrons. The molecule has 18 heavy (non-hydrogen) atoms. The van der Waals surface area contributed by atoms with Crippen molar-refractivity contribution in [3.63, 3.8) is 0 Å². The molecule has 1 saturated heterocycles. The van der Waals surface area contributed by atoms with Gasteiger partial charge in [0, 0.05) is 11.8 Å². The summed E-state index contributed by atoms with van der Waals surface area (Å²) in [5, 5.41) is 3.58. The molecule has 1 unspecified atom stereocenters. The lowest BCUT2D eigenvalue weighted by Crippen LogP contribution is -2.29. The van der Waals surface area contributed by atoms with Gasteiger partial charge in [-0.3, -0.25) is 4.79 Å². The molecule has 1 aliphatic rings. The third-order valence-electron chi connectivity index (χ3n) is 2.66. The van der Waals surface area contributed by atoms with Crippen LogP contribution in [0.15, 0.2) is 12.1 Å². The van der Waals surface area contributed by atoms with Crippen molar-refractivity contribution in [1.29, 1.82) is 0 Å². The van der Waals surface area contributed by atoms with Crippen LogP contribution in [-0.4, -0.2) is 30.0 Å². The van der Waals surface area contributed by atoms with Gasteiger partial charge in [0.1, 0.15) is 0 Å². The van der Waals surface area contributed by atoms with Gasteiger partial charge < -0.3 is 11.1 Å². The molecule has 1 aromatic heterocycles. The van der Waals surface area contributed by atoms with Gasteiger partial charge in [-0.2, -0.15) is 11.8 Å². The highest BCUT2D eigenvalue weighted by Gasteiger charge is 2.17. The smallest absolute Gasteiger partial charge is 0.261 e. The zero-order valence-corrected chi connectivity index (χ0v) is 11.7. The van der Waals surface area contributed by atoms with E-state index >= 15 is 0 Å². The molecule has 0 aliphatic carbocycles. The predicted octanol–water partition coefficient (Wildman–Crippen LogP) is 1.68. The summed E-state index contributed by atoms with van der Waals surface area (Å²) in [7, 11) is 0. The Bertz CT molecular complexity index is 467. The summed E-state index contributed by atoms with van der Waals surface area (Å²) in [6, 6.07) is 3.69. The van der Waals surface area contributed by atoms with Crippen molar-refractivity contribution in [2.75, 3.05) is 18.8 Å². The maximum Gasteiger partial charge on any atom is 0.261 e. The van der Waals surface area contributed by atoms with Crippen LogP contribution in [-0.2, 0) is 0 Å². The molecule has 1 fully saturated rings. The maximum absolute atomic E-state index is 11.9. The van der Waals surface area contributed by atoms with Crippen LogP contribution >= 0.6 is 23.1 Å². The Hall–Kier alpha value is -0.960. The van der Waals surface area contributed by atoms with Gasteiger partial charge in [-0.15, -0.1) is 11.3 Å². The van der Waals surface area contributed by atoms with E-state index in [9.17, 15) is 4.79 Å². The summed E-state index contributed by atoms with van der Waals surface area (Å²) in [4.78, 5) is 13.5. The first-order valence-corrected chi connectivity index (χ1v) is 7.84. The number of nitrogens with two attached hydrogens (primary N) is 1. The molecule has 1 amide bonds. The molecule has 0 saturated carbocycles. The van der Waals surface area contributed by atoms with Gasteiger partial charge in [-0.1, -0.05) is 11.8 Å². The SMILES string of the molecule is NCC#Cc1ccc(C(=O)NCC2CCCS2)s1. The first-order valence-electron chi connectivity index (χ1n) is 5.98. The number of thiophene rings is 1. The third-order valence-corrected chi connectivity index (χ3v) is 5.06. The third kappa shape index (κ3) is 3.77. The Morgan fingerprint density at radius 3 is 3.17 bits per heavy atom. The Labute approximate surface area is 116 Å². The Kier molecular flexibility index (Phi) is 5.12. The van der Waals surface area contributed by atoms with Gasteiger partial charge in [0.15, 0.2) is 0 Å². The number of hydrogen-bond donors (Lipinski definition) is 2. The van der Waals surface area contributed by atoms with Gasteiger partial charge in [-0.25, -0.2) is 0 Å². The van der Waals surface area contributed by atoms with E-state index < -0.39 is 0 Å². The second kappa shape index (κ2) is 6.83. The predicted molar refractivity (Wildman–Crippen MR) is 78.1 cm³/mol. The van der Waals surface area contributed by atoms with E-state index in [0.717, 1.165) is 16.3 Å². The molecule has 1 aliphatic heterocycles. The van der Waals surface area contributed by atoms with E-state index in [1.807, 2.05) is 23.9 Å². The summed E-state index contributed by atoms with van der Waals surface area (Å²) < 4.78 is 0. The topological polar surface area (TPSA) is 55.1 Å². The molecule has 0 aromatic carbocycles. The number of rotatable bonds is 3. The highest BCUT2D eigenvalue weighted by molar-refractivity contribution is 8.00. The van der Waals surface area contributed by atoms with Crippen molar-refractivity contribution in [1.82, 2.24) is 5.32 Å². The molecule has 2 rings (SSSR count). The molecule has 0 bridgehead atoms. The van der Waals surface area contributed by atoms with Crippen LogP contribution in [0.2, 0.25) is 0 Å². The average Bonchev–Trinajstić information content (AvgIpc) is 3.04. The minimum absolute atomic E-state index is 0.00768. The lowest BCUT2D eigenvalue weighted by Gasteiger charge is -2.08. The molecule has 1 aromatic rings. The zero-order chi connectivity index (χ0) is 12.8. The Balaban J connectivity index is 1.86. The van der Waals surface area contributed by atoms with Gasteiger partial charge in [-0.05, 0) is 30.7 Å². The summed E-state index contributed by atoms with van der Waals surface area (Å²) in [5.74, 6) is 6.95. The summed E-state index contributed by atoms with van der Waals surface area (Å²) >= 11 is 3.36. The van der Waals surface area contributed by atoms with Crippen LogP contribution in [0.25, 0.3) is 0 Å². The van der Waals surface area contributed by atoms with E-state index in [0.29, 0.717) is 11.8 Å². The molecular formula is C13H16N2OS2. The quantitative estimate of drug-likeness (QED) is 0.828. The first-order chi connectivity index (χ1) is 8.79. The van der Waals surface area contributed by atoms with Crippen molar-refractivity contribution < 1.29 is 4.79 Å². The Morgan fingerprint density at radius 1 is 1.56 bits per heavy atom. The number of carbonyl (C=O) groups excluding carboxylic acids is 1. The molecule has 1 atom stereocenters. The second-order valence-electron chi connectivity index (χ2n) is 4.01. The van der Waals surface area contributed by atoms with Crippen LogP contribution in [0.3, 0.4) is 0 Å². The first kappa shape index (κ1) is 13.5. The van der Waals surface area contributed by atoms with Crippen LogP contribution in [0, 0.1) is 11.8 Å². The number of thioether (sulfide) groups is 1. The van der Waals surface area contributed by atoms with Crippen molar-refractivity contribution in [2.45, 2.75) is 18.1 Å². The van der Waals surface area contributed by atoms with Crippen LogP contribution in [0.5, 0.6) is 0 Å². The number of amides is 1. The monoisotopic (exact) mass is 280 g/mol. The molecule has 3 N–H and O–H groups in total. The fourth-order valence-electron chi connectivity index (χ4n) is 1.76. The van der Waals surface area contributed by atoms with Crippen LogP contribution in [0.4, 0.5) is 0 Å². The maximum atomic E-state index is 11.9. The van der Waals surface area contributed by atoms with Crippen molar-refractivity contribution in [3.05, 3.63) is 21.9 Å². The van der Waals surface area contributed by atoms with E-state index in [-0.39, 0.29) is 5.91 Å². The van der Waals surface area contributed by atoms with Crippen LogP contribution in [0.1, 0.15) is 27.4 Å². The summed E-state index contributed by atoms with van der Waals surface area (Å²) in [6.45, 7) is 1.11. The van der Waals surface area contributed by atoms with Gasteiger partial charge in [0.25, 0.3) is 5.91 Å². The average molecular weight is 280 g/mol. The summed E-state index contributed by atoms with van der Waals surface area (Å²) in [5.41, 5.74) is 5.31. The Morgan fingerprint density at radius 2 is 2.44 bits per heavy atom. The highest BCUT2D eigenvalue weighted by Crippen LogP contribution is 2.25. The molecule has 96 valence electrons. The zero-order valence-electron chi connectivity index (χ0n) is 10.1. The second-order valence-corrected chi connectivity index (χ2v) is 6.51. The van der Waals surface area contributed by atoms with Crippen molar-refractivity contribution in [3.8, 4) is 11.8 Å². The van der Waals surface area contributed by atoms with E-state index in [1.165, 1.54) is 29.9 Å². The van der Waals surface area contributed by atoms with Gasteiger partial charge in [0.05, 0.1) is 16.3 Å². The minimum atomic E-state index is 0.00768. The number of nitrogens with one attached hydrogen (secondary N) is 1. The highest BCUT2D eigenvalue weighted by atomic mass is 32.2. The number of hydrogen-bond acceptors (Lipinski definition) is 4. The lowest BCUT2D eigenvalue weighted by atomic mass is 10.2. The van der Waals surface area contributed by atoms with Gasteiger partial charge in [0.2, 0.25) is 0 Å². The van der Waals surface area contributed by atoms with Gasteiger partial charge >= 0.3 is 0 Å². The fourth-order valence-corrected chi connectivity index (χ4v) is 3.76. The molecule has 2 heterocycles. The van der Waals surface area contributed by atoms with E-state index in [1.54, 1.807) is 0 Å². The fraction of sp³-hybridized carbons (Fsp3) is 0.462. The molecule has 0 spiro atoms.